The van der Waals surface area contributed by atoms with Crippen LogP contribution in [-0.4, -0.2) is 26.6 Å². The van der Waals surface area contributed by atoms with Gasteiger partial charge in [-0.15, -0.1) is 11.3 Å². The summed E-state index contributed by atoms with van der Waals surface area (Å²) in [4.78, 5) is 42.8. The lowest BCUT2D eigenvalue weighted by atomic mass is 9.97. The van der Waals surface area contributed by atoms with E-state index in [1.54, 1.807) is 66.2 Å². The normalized spacial score (nSPS) is 13.0. The van der Waals surface area contributed by atoms with Gasteiger partial charge in [-0.05, 0) is 79.8 Å². The Bertz CT molecular complexity index is 1800. The van der Waals surface area contributed by atoms with Gasteiger partial charge in [0.05, 0.1) is 22.2 Å². The molecule has 10 nitrogen and oxygen atoms in total. The fraction of sp³-hybridized carbons (Fsp3) is 0.143. The highest BCUT2D eigenvalue weighted by atomic mass is 32.1. The Hall–Kier alpha value is -4.90. The number of hydrazone groups is 1. The Morgan fingerprint density at radius 3 is 2.62 bits per heavy atom. The average molecular weight is 540 g/mol. The average Bonchev–Trinajstić information content (AvgIpc) is 3.58. The van der Waals surface area contributed by atoms with Crippen molar-refractivity contribution in [3.8, 4) is 17.0 Å². The molecular formula is C28H21N5O5S. The van der Waals surface area contributed by atoms with Crippen LogP contribution < -0.4 is 11.0 Å². The van der Waals surface area contributed by atoms with E-state index in [4.69, 9.17) is 4.42 Å². The van der Waals surface area contributed by atoms with Crippen LogP contribution in [0.4, 0.5) is 5.69 Å². The number of fused-ring (bicyclic) bond motifs is 3. The van der Waals surface area contributed by atoms with Crippen molar-refractivity contribution < 1.29 is 14.1 Å². The van der Waals surface area contributed by atoms with E-state index in [1.807, 2.05) is 0 Å². The number of benzene rings is 2. The Morgan fingerprint density at radius 1 is 1.08 bits per heavy atom. The molecule has 0 atom stereocenters. The number of furan rings is 1. The van der Waals surface area contributed by atoms with Crippen LogP contribution in [0.5, 0.6) is 0 Å². The highest BCUT2D eigenvalue weighted by molar-refractivity contribution is 7.18. The Balaban J connectivity index is 1.13. The van der Waals surface area contributed by atoms with E-state index in [2.05, 4.69) is 15.5 Å². The van der Waals surface area contributed by atoms with Gasteiger partial charge in [0.15, 0.2) is 0 Å². The molecule has 0 fully saturated rings. The third-order valence-electron chi connectivity index (χ3n) is 6.63. The molecule has 3 aromatic heterocycles. The molecule has 0 radical (unpaired) electrons. The topological polar surface area (TPSA) is 133 Å². The number of amides is 1. The molecule has 194 valence electrons. The van der Waals surface area contributed by atoms with Crippen LogP contribution in [0.15, 0.2) is 81.3 Å². The van der Waals surface area contributed by atoms with Crippen molar-refractivity contribution in [1.82, 2.24) is 15.0 Å². The van der Waals surface area contributed by atoms with Gasteiger partial charge in [0.25, 0.3) is 17.2 Å². The van der Waals surface area contributed by atoms with Crippen LogP contribution in [0, 0.1) is 10.1 Å². The van der Waals surface area contributed by atoms with Crippen LogP contribution >= 0.6 is 11.3 Å². The van der Waals surface area contributed by atoms with Crippen LogP contribution in [0.2, 0.25) is 0 Å². The summed E-state index contributed by atoms with van der Waals surface area (Å²) in [6.45, 7) is 0. The number of aromatic nitrogens is 2. The maximum atomic E-state index is 13.3. The van der Waals surface area contributed by atoms with Crippen molar-refractivity contribution in [2.75, 3.05) is 0 Å². The molecule has 5 aromatic rings. The van der Waals surface area contributed by atoms with Gasteiger partial charge in [0.2, 0.25) is 0 Å². The first-order valence-electron chi connectivity index (χ1n) is 12.3. The molecular weight excluding hydrogens is 518 g/mol. The van der Waals surface area contributed by atoms with Crippen molar-refractivity contribution in [3.05, 3.63) is 109 Å². The minimum absolute atomic E-state index is 0.00590. The minimum Gasteiger partial charge on any atom is -0.455 e. The smallest absolute Gasteiger partial charge is 0.271 e. The van der Waals surface area contributed by atoms with Gasteiger partial charge in [-0.25, -0.2) is 10.4 Å². The van der Waals surface area contributed by atoms with E-state index in [0.29, 0.717) is 33.7 Å². The quantitative estimate of drug-likeness (QED) is 0.178. The summed E-state index contributed by atoms with van der Waals surface area (Å²) in [6.07, 6.45) is 7.05. The van der Waals surface area contributed by atoms with Crippen molar-refractivity contribution in [3.63, 3.8) is 0 Å². The molecule has 1 N–H and O–H groups in total. The van der Waals surface area contributed by atoms with E-state index in [9.17, 15) is 19.7 Å². The van der Waals surface area contributed by atoms with Crippen LogP contribution in [-0.2, 0) is 12.8 Å². The maximum Gasteiger partial charge on any atom is 0.271 e. The second kappa shape index (κ2) is 10.1. The Kier molecular flexibility index (Phi) is 6.33. The van der Waals surface area contributed by atoms with Gasteiger partial charge in [-0.2, -0.15) is 5.10 Å². The van der Waals surface area contributed by atoms with Crippen molar-refractivity contribution in [1.29, 1.82) is 0 Å². The van der Waals surface area contributed by atoms with E-state index < -0.39 is 10.8 Å². The zero-order valence-corrected chi connectivity index (χ0v) is 21.3. The number of nitrogens with one attached hydrogen (secondary N) is 1. The van der Waals surface area contributed by atoms with Crippen LogP contribution in [0.3, 0.4) is 0 Å². The zero-order valence-electron chi connectivity index (χ0n) is 20.5. The van der Waals surface area contributed by atoms with Gasteiger partial charge < -0.3 is 4.42 Å². The summed E-state index contributed by atoms with van der Waals surface area (Å²) in [5, 5.41) is 15.5. The number of carbonyl (C=O) groups is 1. The lowest BCUT2D eigenvalue weighted by Gasteiger charge is -2.10. The predicted octanol–water partition coefficient (Wildman–Crippen LogP) is 5.26. The molecule has 1 aliphatic carbocycles. The highest BCUT2D eigenvalue weighted by Crippen LogP contribution is 2.33. The lowest BCUT2D eigenvalue weighted by molar-refractivity contribution is -0.384. The molecule has 3 heterocycles. The van der Waals surface area contributed by atoms with Crippen LogP contribution in [0.25, 0.3) is 27.2 Å². The van der Waals surface area contributed by atoms with Crippen molar-refractivity contribution in [2.24, 2.45) is 5.10 Å². The Morgan fingerprint density at radius 2 is 1.85 bits per heavy atom. The number of rotatable bonds is 6. The fourth-order valence-electron chi connectivity index (χ4n) is 4.65. The molecule has 0 unspecified atom stereocenters. The molecule has 1 amide bonds. The summed E-state index contributed by atoms with van der Waals surface area (Å²) in [7, 11) is 0. The molecule has 39 heavy (non-hydrogen) atoms. The lowest BCUT2D eigenvalue weighted by Crippen LogP contribution is -2.20. The van der Waals surface area contributed by atoms with Crippen molar-refractivity contribution >= 4 is 39.4 Å². The van der Waals surface area contributed by atoms with Gasteiger partial charge in [-0.1, -0.05) is 0 Å². The number of thiophene rings is 1. The first-order valence-corrected chi connectivity index (χ1v) is 13.1. The fourth-order valence-corrected chi connectivity index (χ4v) is 5.87. The van der Waals surface area contributed by atoms with Gasteiger partial charge >= 0.3 is 0 Å². The van der Waals surface area contributed by atoms with Gasteiger partial charge in [0, 0.05) is 28.1 Å². The summed E-state index contributed by atoms with van der Waals surface area (Å²) < 4.78 is 7.20. The molecule has 1 aliphatic rings. The number of aryl methyl sites for hydroxylation is 2. The van der Waals surface area contributed by atoms with Crippen molar-refractivity contribution in [2.45, 2.75) is 25.7 Å². The number of hydrogen-bond acceptors (Lipinski definition) is 8. The van der Waals surface area contributed by atoms with E-state index in [1.165, 1.54) is 27.8 Å². The molecule has 0 spiro atoms. The van der Waals surface area contributed by atoms with E-state index in [-0.39, 0.29) is 11.2 Å². The number of non-ortho nitro benzene ring substituents is 1. The standard InChI is InChI=1S/C28H21N5O5S/c34-26(31-30-15-21-13-14-23(38-21)17-5-11-20(12-6-17)33(36)37)18-7-9-19(10-8-18)32-16-29-27-25(28(32)35)22-3-1-2-4-24(22)39-27/h5-16H,1-4H2,(H,31,34)/b30-15+. The first kappa shape index (κ1) is 24.4. The summed E-state index contributed by atoms with van der Waals surface area (Å²) in [5.74, 6) is 0.490. The third kappa shape index (κ3) is 4.75. The second-order valence-corrected chi connectivity index (χ2v) is 10.1. The number of hydrogen-bond donors (Lipinski definition) is 1. The molecule has 11 heteroatoms. The largest absolute Gasteiger partial charge is 0.455 e. The van der Waals surface area contributed by atoms with E-state index >= 15 is 0 Å². The molecule has 0 aliphatic heterocycles. The van der Waals surface area contributed by atoms with Gasteiger partial charge in [0.1, 0.15) is 22.7 Å². The molecule has 0 saturated heterocycles. The predicted molar refractivity (Wildman–Crippen MR) is 148 cm³/mol. The summed E-state index contributed by atoms with van der Waals surface area (Å²) in [5.41, 5.74) is 5.17. The summed E-state index contributed by atoms with van der Waals surface area (Å²) in [6, 6.07) is 16.0. The summed E-state index contributed by atoms with van der Waals surface area (Å²) >= 11 is 1.61. The molecule has 0 bridgehead atoms. The molecule has 6 rings (SSSR count). The van der Waals surface area contributed by atoms with Gasteiger partial charge in [-0.3, -0.25) is 24.3 Å². The van der Waals surface area contributed by atoms with Crippen LogP contribution in [0.1, 0.15) is 39.4 Å². The molecule has 0 saturated carbocycles. The maximum absolute atomic E-state index is 13.3. The Labute approximate surface area is 225 Å². The second-order valence-electron chi connectivity index (χ2n) is 9.06. The number of carbonyl (C=O) groups excluding carboxylic acids is 1. The SMILES string of the molecule is O=C(N/N=C/c1ccc(-c2ccc([N+](=O)[O-])cc2)o1)c1ccc(-n2cnc3sc4c(c3c2=O)CCCC4)cc1. The zero-order chi connectivity index (χ0) is 26.9. The highest BCUT2D eigenvalue weighted by Gasteiger charge is 2.20. The number of nitro groups is 1. The van der Waals surface area contributed by atoms with E-state index in [0.717, 1.165) is 36.1 Å². The molecule has 2 aromatic carbocycles. The number of nitrogens with zero attached hydrogens (tertiary/aromatic N) is 4. The number of nitro benzene ring substituents is 1. The minimum atomic E-state index is -0.465. The monoisotopic (exact) mass is 539 g/mol. The first-order chi connectivity index (χ1) is 19.0. The third-order valence-corrected chi connectivity index (χ3v) is 7.83.